The average molecular weight is 298 g/mol. The third-order valence-electron chi connectivity index (χ3n) is 3.71. The first-order chi connectivity index (χ1) is 9.29. The van der Waals surface area contributed by atoms with E-state index in [1.165, 1.54) is 6.20 Å². The van der Waals surface area contributed by atoms with Gasteiger partial charge in [0.2, 0.25) is 0 Å². The van der Waals surface area contributed by atoms with Crippen LogP contribution < -0.4 is 10.4 Å². The molecule has 0 radical (unpaired) electrons. The molecule has 2 heterocycles. The van der Waals surface area contributed by atoms with Gasteiger partial charge < -0.3 is 14.9 Å². The molecule has 0 amide bonds. The Morgan fingerprint density at radius 3 is 2.30 bits per heavy atom. The van der Waals surface area contributed by atoms with Gasteiger partial charge in [-0.15, -0.1) is 0 Å². The Labute approximate surface area is 125 Å². The maximum atomic E-state index is 9.23. The summed E-state index contributed by atoms with van der Waals surface area (Å²) in [6, 6.07) is 1.70. The van der Waals surface area contributed by atoms with Crippen molar-refractivity contribution in [2.45, 2.75) is 26.3 Å². The summed E-state index contributed by atoms with van der Waals surface area (Å²) >= 11 is 6.13. The number of nitrogens with zero attached hydrogens (tertiary/aromatic N) is 3. The Morgan fingerprint density at radius 1 is 1.20 bits per heavy atom. The fourth-order valence-corrected chi connectivity index (χ4v) is 2.66. The number of pyridine rings is 1. The van der Waals surface area contributed by atoms with Crippen molar-refractivity contribution in [3.8, 4) is 0 Å². The van der Waals surface area contributed by atoms with Gasteiger partial charge in [-0.25, -0.2) is 4.98 Å². The van der Waals surface area contributed by atoms with Gasteiger partial charge in [0, 0.05) is 43.4 Å². The van der Waals surface area contributed by atoms with Gasteiger partial charge in [0.05, 0.1) is 5.69 Å². The van der Waals surface area contributed by atoms with Crippen LogP contribution in [-0.4, -0.2) is 58.8 Å². The van der Waals surface area contributed by atoms with E-state index in [9.17, 15) is 10.0 Å². The fraction of sp³-hybridized carbons (Fsp3) is 0.615. The second-order valence-electron chi connectivity index (χ2n) is 6.10. The largest absolute Gasteiger partial charge is 0.490 e. The zero-order valence-electron chi connectivity index (χ0n) is 12.2. The highest BCUT2D eigenvalue weighted by molar-refractivity contribution is 6.58. The SMILES string of the molecule is CC(C)(C)N1CCN(c2cc(B(O)O)cnc2Cl)CC1. The van der Waals surface area contributed by atoms with Crippen molar-refractivity contribution in [3.05, 3.63) is 17.4 Å². The lowest BCUT2D eigenvalue weighted by Crippen LogP contribution is -2.53. The molecule has 1 aliphatic heterocycles. The lowest BCUT2D eigenvalue weighted by molar-refractivity contribution is 0.128. The molecule has 1 saturated heterocycles. The van der Waals surface area contributed by atoms with E-state index in [0.29, 0.717) is 10.6 Å². The molecule has 7 heteroatoms. The van der Waals surface area contributed by atoms with Crippen LogP contribution in [0, 0.1) is 0 Å². The van der Waals surface area contributed by atoms with E-state index in [1.54, 1.807) is 6.07 Å². The van der Waals surface area contributed by atoms with Crippen LogP contribution in [0.1, 0.15) is 20.8 Å². The monoisotopic (exact) mass is 297 g/mol. The zero-order valence-corrected chi connectivity index (χ0v) is 12.9. The van der Waals surface area contributed by atoms with Gasteiger partial charge in [0.15, 0.2) is 5.15 Å². The highest BCUT2D eigenvalue weighted by atomic mass is 35.5. The van der Waals surface area contributed by atoms with Crippen LogP contribution in [-0.2, 0) is 0 Å². The fourth-order valence-electron chi connectivity index (χ4n) is 2.43. The number of hydrogen-bond acceptors (Lipinski definition) is 5. The molecule has 0 unspecified atom stereocenters. The molecule has 0 aliphatic carbocycles. The van der Waals surface area contributed by atoms with Crippen molar-refractivity contribution in [1.82, 2.24) is 9.88 Å². The second-order valence-corrected chi connectivity index (χ2v) is 6.46. The van der Waals surface area contributed by atoms with Crippen LogP contribution >= 0.6 is 11.6 Å². The van der Waals surface area contributed by atoms with E-state index in [2.05, 4.69) is 35.6 Å². The van der Waals surface area contributed by atoms with Crippen molar-refractivity contribution in [2.24, 2.45) is 0 Å². The van der Waals surface area contributed by atoms with Crippen LogP contribution in [0.15, 0.2) is 12.3 Å². The molecule has 1 fully saturated rings. The molecule has 2 N–H and O–H groups in total. The molecule has 2 rings (SSSR count). The Kier molecular flexibility index (Phi) is 4.59. The zero-order chi connectivity index (χ0) is 14.9. The smallest absolute Gasteiger partial charge is 0.423 e. The molecule has 20 heavy (non-hydrogen) atoms. The van der Waals surface area contributed by atoms with Gasteiger partial charge in [0.25, 0.3) is 0 Å². The van der Waals surface area contributed by atoms with E-state index in [-0.39, 0.29) is 5.54 Å². The van der Waals surface area contributed by atoms with Crippen molar-refractivity contribution in [1.29, 1.82) is 0 Å². The van der Waals surface area contributed by atoms with Crippen molar-refractivity contribution >= 4 is 29.9 Å². The van der Waals surface area contributed by atoms with Gasteiger partial charge >= 0.3 is 7.12 Å². The summed E-state index contributed by atoms with van der Waals surface area (Å²) in [7, 11) is -1.52. The Hall–Kier alpha value is -0.815. The minimum absolute atomic E-state index is 0.164. The summed E-state index contributed by atoms with van der Waals surface area (Å²) in [6.45, 7) is 10.2. The molecule has 0 bridgehead atoms. The van der Waals surface area contributed by atoms with Gasteiger partial charge in [-0.3, -0.25) is 4.90 Å². The van der Waals surface area contributed by atoms with Crippen LogP contribution in [0.2, 0.25) is 5.15 Å². The summed E-state index contributed by atoms with van der Waals surface area (Å²) in [5.74, 6) is 0. The normalized spacial score (nSPS) is 17.4. The van der Waals surface area contributed by atoms with Crippen molar-refractivity contribution in [2.75, 3.05) is 31.1 Å². The molecule has 1 aromatic heterocycles. The summed E-state index contributed by atoms with van der Waals surface area (Å²) in [5, 5.41) is 18.9. The standard InChI is InChI=1S/C13H21BClN3O2/c1-13(2,3)18-6-4-17(5-7-18)11-8-10(14(19)20)9-16-12(11)15/h8-9,19-20H,4-7H2,1-3H3. The maximum Gasteiger partial charge on any atom is 0.490 e. The lowest BCUT2D eigenvalue weighted by Gasteiger charge is -2.43. The highest BCUT2D eigenvalue weighted by Crippen LogP contribution is 2.25. The Balaban J connectivity index is 2.12. The molecule has 5 nitrogen and oxygen atoms in total. The third-order valence-corrected chi connectivity index (χ3v) is 4.00. The third kappa shape index (κ3) is 3.44. The van der Waals surface area contributed by atoms with E-state index < -0.39 is 7.12 Å². The van der Waals surface area contributed by atoms with Gasteiger partial charge in [-0.1, -0.05) is 11.6 Å². The van der Waals surface area contributed by atoms with E-state index >= 15 is 0 Å². The topological polar surface area (TPSA) is 59.8 Å². The molecule has 0 aromatic carbocycles. The molecule has 110 valence electrons. The van der Waals surface area contributed by atoms with E-state index in [1.807, 2.05) is 0 Å². The van der Waals surface area contributed by atoms with Crippen LogP contribution in [0.25, 0.3) is 0 Å². The quantitative estimate of drug-likeness (QED) is 0.609. The van der Waals surface area contributed by atoms with E-state index in [4.69, 9.17) is 11.6 Å². The first-order valence-electron chi connectivity index (χ1n) is 6.80. The minimum Gasteiger partial charge on any atom is -0.423 e. The molecular formula is C13H21BClN3O2. The van der Waals surface area contributed by atoms with Gasteiger partial charge in [0.1, 0.15) is 0 Å². The number of hydrogen-bond donors (Lipinski definition) is 2. The molecule has 0 saturated carbocycles. The Bertz CT molecular complexity index is 471. The second kappa shape index (κ2) is 5.89. The van der Waals surface area contributed by atoms with Crippen LogP contribution in [0.4, 0.5) is 5.69 Å². The summed E-state index contributed by atoms with van der Waals surface area (Å²) in [4.78, 5) is 8.60. The molecule has 0 spiro atoms. The van der Waals surface area contributed by atoms with Crippen molar-refractivity contribution in [3.63, 3.8) is 0 Å². The van der Waals surface area contributed by atoms with Crippen LogP contribution in [0.3, 0.4) is 0 Å². The molecule has 0 atom stereocenters. The predicted molar refractivity (Wildman–Crippen MR) is 82.6 cm³/mol. The van der Waals surface area contributed by atoms with Crippen LogP contribution in [0.5, 0.6) is 0 Å². The maximum absolute atomic E-state index is 9.23. The number of aromatic nitrogens is 1. The average Bonchev–Trinajstić information content (AvgIpc) is 2.38. The first kappa shape index (κ1) is 15.6. The minimum atomic E-state index is -1.52. The predicted octanol–water partition coefficient (Wildman–Crippen LogP) is 0.335. The Morgan fingerprint density at radius 2 is 1.80 bits per heavy atom. The number of rotatable bonds is 2. The van der Waals surface area contributed by atoms with Gasteiger partial charge in [-0.2, -0.15) is 0 Å². The molecular weight excluding hydrogens is 276 g/mol. The number of anilines is 1. The number of piperazine rings is 1. The molecule has 1 aromatic rings. The first-order valence-corrected chi connectivity index (χ1v) is 7.18. The van der Waals surface area contributed by atoms with Gasteiger partial charge in [-0.05, 0) is 26.8 Å². The van der Waals surface area contributed by atoms with Crippen molar-refractivity contribution < 1.29 is 10.0 Å². The number of halogens is 1. The summed E-state index contributed by atoms with van der Waals surface area (Å²) in [5.41, 5.74) is 1.30. The summed E-state index contributed by atoms with van der Waals surface area (Å²) < 4.78 is 0. The lowest BCUT2D eigenvalue weighted by atomic mass is 9.81. The van der Waals surface area contributed by atoms with E-state index in [0.717, 1.165) is 31.9 Å². The summed E-state index contributed by atoms with van der Waals surface area (Å²) in [6.07, 6.45) is 1.39. The molecule has 1 aliphatic rings. The highest BCUT2D eigenvalue weighted by Gasteiger charge is 2.27.